The Morgan fingerprint density at radius 2 is 1.79 bits per heavy atom. The molecular formula is C29H30N6O3. The molecule has 2 amide bonds. The molecule has 0 aliphatic heterocycles. The molecule has 0 saturated carbocycles. The quantitative estimate of drug-likeness (QED) is 0.258. The van der Waals surface area contributed by atoms with E-state index >= 15 is 0 Å². The number of amides is 2. The van der Waals surface area contributed by atoms with Crippen molar-refractivity contribution in [1.29, 1.82) is 0 Å². The Morgan fingerprint density at radius 3 is 2.47 bits per heavy atom. The van der Waals surface area contributed by atoms with Crippen molar-refractivity contribution < 1.29 is 14.3 Å². The van der Waals surface area contributed by atoms with E-state index in [0.29, 0.717) is 46.1 Å². The van der Waals surface area contributed by atoms with Crippen molar-refractivity contribution in [2.45, 2.75) is 27.7 Å². The lowest BCUT2D eigenvalue weighted by Gasteiger charge is -2.18. The fourth-order valence-corrected chi connectivity index (χ4v) is 3.53. The topological polar surface area (TPSA) is 118 Å². The third-order valence-corrected chi connectivity index (χ3v) is 5.52. The van der Waals surface area contributed by atoms with Crippen molar-refractivity contribution in [3.05, 3.63) is 84.8 Å². The Balaban J connectivity index is 1.46. The molecule has 0 atom stereocenters. The zero-order valence-electron chi connectivity index (χ0n) is 21.8. The number of fused-ring (bicyclic) bond motifs is 1. The number of aromatic nitrogens is 3. The van der Waals surface area contributed by atoms with E-state index in [-0.39, 0.29) is 17.2 Å². The highest BCUT2D eigenvalue weighted by molar-refractivity contribution is 6.00. The summed E-state index contributed by atoms with van der Waals surface area (Å²) in [6, 6.07) is 14.5. The van der Waals surface area contributed by atoms with Gasteiger partial charge in [0.25, 0.3) is 5.91 Å². The van der Waals surface area contributed by atoms with Crippen molar-refractivity contribution >= 4 is 40.0 Å². The van der Waals surface area contributed by atoms with Crippen LogP contribution in [0.15, 0.2) is 73.7 Å². The maximum absolute atomic E-state index is 12.4. The smallest absolute Gasteiger partial charge is 0.251 e. The van der Waals surface area contributed by atoms with Gasteiger partial charge in [-0.05, 0) is 72.5 Å². The third kappa shape index (κ3) is 6.70. The molecule has 0 aliphatic rings. The summed E-state index contributed by atoms with van der Waals surface area (Å²) in [5, 5.41) is 9.60. The van der Waals surface area contributed by atoms with Crippen LogP contribution in [0, 0.1) is 12.3 Å². The van der Waals surface area contributed by atoms with Gasteiger partial charge in [0.15, 0.2) is 0 Å². The Hall–Kier alpha value is -4.79. The van der Waals surface area contributed by atoms with Crippen LogP contribution in [-0.2, 0) is 4.79 Å². The van der Waals surface area contributed by atoms with Crippen molar-refractivity contribution in [2.75, 3.05) is 17.2 Å². The lowest BCUT2D eigenvalue weighted by Crippen LogP contribution is -2.32. The van der Waals surface area contributed by atoms with Gasteiger partial charge in [0.05, 0.1) is 11.7 Å². The fourth-order valence-electron chi connectivity index (χ4n) is 3.53. The summed E-state index contributed by atoms with van der Waals surface area (Å²) in [6.45, 7) is 12.2. The average molecular weight is 511 g/mol. The second-order valence-electron chi connectivity index (χ2n) is 9.98. The summed E-state index contributed by atoms with van der Waals surface area (Å²) in [5.74, 6) is 1.79. The molecule has 0 aliphatic carbocycles. The first-order valence-electron chi connectivity index (χ1n) is 12.1. The van der Waals surface area contributed by atoms with E-state index in [1.807, 2.05) is 25.1 Å². The maximum atomic E-state index is 12.4. The van der Waals surface area contributed by atoms with E-state index in [9.17, 15) is 9.59 Å². The number of anilines is 3. The van der Waals surface area contributed by atoms with Crippen molar-refractivity contribution in [3.63, 3.8) is 0 Å². The summed E-state index contributed by atoms with van der Waals surface area (Å²) in [7, 11) is 0. The molecule has 2 aromatic carbocycles. The number of nitrogens with one attached hydrogen (secondary N) is 3. The Bertz CT molecular complexity index is 1490. The number of aryl methyl sites for hydroxylation is 1. The second kappa shape index (κ2) is 11.1. The van der Waals surface area contributed by atoms with Crippen molar-refractivity contribution in [3.8, 4) is 11.5 Å². The molecule has 2 aromatic heterocycles. The summed E-state index contributed by atoms with van der Waals surface area (Å²) in [4.78, 5) is 36.8. The highest BCUT2D eigenvalue weighted by Crippen LogP contribution is 2.30. The number of benzene rings is 2. The molecule has 4 aromatic rings. The molecule has 0 unspecified atom stereocenters. The zero-order valence-corrected chi connectivity index (χ0v) is 21.8. The molecule has 0 radical (unpaired) electrons. The minimum absolute atomic E-state index is 0.0149. The summed E-state index contributed by atoms with van der Waals surface area (Å²) < 4.78 is 6.06. The number of hydrogen-bond donors (Lipinski definition) is 3. The maximum Gasteiger partial charge on any atom is 0.251 e. The summed E-state index contributed by atoms with van der Waals surface area (Å²) >= 11 is 0. The van der Waals surface area contributed by atoms with E-state index in [4.69, 9.17) is 4.74 Å². The summed E-state index contributed by atoms with van der Waals surface area (Å²) in [6.07, 6.45) is 4.20. The number of ether oxygens (including phenoxy) is 1. The van der Waals surface area contributed by atoms with E-state index in [1.165, 1.54) is 12.4 Å². The lowest BCUT2D eigenvalue weighted by molar-refractivity contribution is -0.111. The number of carbonyl (C=O) groups is 2. The van der Waals surface area contributed by atoms with E-state index in [1.54, 1.807) is 36.5 Å². The van der Waals surface area contributed by atoms with Crippen molar-refractivity contribution in [2.24, 2.45) is 5.41 Å². The summed E-state index contributed by atoms with van der Waals surface area (Å²) in [5.41, 5.74) is 2.93. The van der Waals surface area contributed by atoms with Gasteiger partial charge in [0, 0.05) is 23.2 Å². The number of pyridine rings is 1. The SMILES string of the molecule is C=CC(=O)Nc1cc2c(Nc3ccc(Oc4ccc(C(=O)NCC(C)(C)C)cc4)c(C)c3)ncnc2cn1. The Morgan fingerprint density at radius 1 is 1.03 bits per heavy atom. The first-order valence-corrected chi connectivity index (χ1v) is 12.1. The van der Waals surface area contributed by atoms with Crippen LogP contribution in [0.25, 0.3) is 10.9 Å². The number of rotatable bonds is 8. The Kier molecular flexibility index (Phi) is 7.66. The van der Waals surface area contributed by atoms with E-state index in [2.05, 4.69) is 58.3 Å². The standard InChI is InChI=1S/C29H30N6O3/c1-6-26(36)35-25-14-22-23(15-30-25)32-17-33-27(22)34-20-9-12-24(18(2)13-20)38-21-10-7-19(8-11-21)28(37)31-16-29(3,4)5/h6-15,17H,1,16H2,2-5H3,(H,31,37)(H,30,35,36)(H,32,33,34). The molecule has 0 fully saturated rings. The van der Waals surface area contributed by atoms with Gasteiger partial charge in [-0.25, -0.2) is 15.0 Å². The van der Waals surface area contributed by atoms with Crippen LogP contribution in [0.2, 0.25) is 0 Å². The largest absolute Gasteiger partial charge is 0.457 e. The van der Waals surface area contributed by atoms with Crippen LogP contribution in [0.5, 0.6) is 11.5 Å². The van der Waals surface area contributed by atoms with Gasteiger partial charge in [-0.3, -0.25) is 9.59 Å². The molecule has 38 heavy (non-hydrogen) atoms. The average Bonchev–Trinajstić information content (AvgIpc) is 2.89. The third-order valence-electron chi connectivity index (χ3n) is 5.52. The van der Waals surface area contributed by atoms with E-state index < -0.39 is 0 Å². The first kappa shape index (κ1) is 26.3. The molecule has 3 N–H and O–H groups in total. The molecule has 9 nitrogen and oxygen atoms in total. The van der Waals surface area contributed by atoms with Gasteiger partial charge < -0.3 is 20.7 Å². The van der Waals surface area contributed by atoms with Gasteiger partial charge in [0.2, 0.25) is 5.91 Å². The molecule has 9 heteroatoms. The lowest BCUT2D eigenvalue weighted by atomic mass is 9.97. The van der Waals surface area contributed by atoms with Crippen LogP contribution in [-0.4, -0.2) is 33.3 Å². The van der Waals surface area contributed by atoms with Crippen LogP contribution in [0.4, 0.5) is 17.3 Å². The van der Waals surface area contributed by atoms with E-state index in [0.717, 1.165) is 11.3 Å². The van der Waals surface area contributed by atoms with Crippen LogP contribution >= 0.6 is 0 Å². The first-order chi connectivity index (χ1) is 18.1. The van der Waals surface area contributed by atoms with Crippen LogP contribution in [0.1, 0.15) is 36.7 Å². The fraction of sp³-hybridized carbons (Fsp3) is 0.207. The highest BCUT2D eigenvalue weighted by Gasteiger charge is 2.14. The van der Waals surface area contributed by atoms with Crippen molar-refractivity contribution in [1.82, 2.24) is 20.3 Å². The predicted molar refractivity (Wildman–Crippen MR) is 149 cm³/mol. The molecule has 0 saturated heterocycles. The molecule has 2 heterocycles. The van der Waals surface area contributed by atoms with Gasteiger partial charge >= 0.3 is 0 Å². The predicted octanol–water partition coefficient (Wildman–Crippen LogP) is 5.77. The van der Waals surface area contributed by atoms with Gasteiger partial charge in [-0.15, -0.1) is 0 Å². The molecule has 0 bridgehead atoms. The highest BCUT2D eigenvalue weighted by atomic mass is 16.5. The normalized spacial score (nSPS) is 11.1. The van der Waals surface area contributed by atoms with Gasteiger partial charge in [-0.2, -0.15) is 0 Å². The molecular weight excluding hydrogens is 480 g/mol. The zero-order chi connectivity index (χ0) is 27.3. The van der Waals surface area contributed by atoms with Crippen LogP contribution < -0.4 is 20.7 Å². The van der Waals surface area contributed by atoms with Crippen LogP contribution in [0.3, 0.4) is 0 Å². The monoisotopic (exact) mass is 510 g/mol. The molecule has 4 rings (SSSR count). The van der Waals surface area contributed by atoms with Gasteiger partial charge in [-0.1, -0.05) is 27.4 Å². The molecule has 0 spiro atoms. The minimum Gasteiger partial charge on any atom is -0.457 e. The minimum atomic E-state index is -0.354. The molecule has 194 valence electrons. The van der Waals surface area contributed by atoms with Gasteiger partial charge in [0.1, 0.15) is 29.5 Å². The number of hydrogen-bond acceptors (Lipinski definition) is 7. The number of carbonyl (C=O) groups excluding carboxylic acids is 2. The number of nitrogens with zero attached hydrogens (tertiary/aromatic N) is 3. The second-order valence-corrected chi connectivity index (χ2v) is 9.98. The Labute approximate surface area is 221 Å².